The molecule has 0 bridgehead atoms. The largest absolute Gasteiger partial charge is 0.300 e. The average molecular weight is 225 g/mol. The van der Waals surface area contributed by atoms with Crippen molar-refractivity contribution in [3.05, 3.63) is 34.3 Å². The highest BCUT2D eigenvalue weighted by Crippen LogP contribution is 2.33. The summed E-state index contributed by atoms with van der Waals surface area (Å²) in [6, 6.07) is 5.94. The van der Waals surface area contributed by atoms with Gasteiger partial charge in [-0.15, -0.1) is 0 Å². The Balaban J connectivity index is 3.13. The first-order chi connectivity index (χ1) is 6.83. The van der Waals surface area contributed by atoms with Crippen LogP contribution in [0.25, 0.3) is 0 Å². The Morgan fingerprint density at radius 1 is 1.40 bits per heavy atom. The molecule has 0 aromatic heterocycles. The molecular weight excluding hydrogens is 208 g/mol. The molecular formula is C13H17ClO. The molecule has 0 unspecified atom stereocenters. The Bertz CT molecular complexity index is 380. The lowest BCUT2D eigenvalue weighted by Gasteiger charge is -2.25. The van der Waals surface area contributed by atoms with Crippen LogP contribution >= 0.6 is 11.6 Å². The molecule has 1 aromatic rings. The minimum atomic E-state index is -0.186. The van der Waals surface area contributed by atoms with Gasteiger partial charge in [0.2, 0.25) is 0 Å². The molecule has 0 amide bonds. The number of Topliss-reactive ketones (excluding diaryl/α,β-unsaturated/α-hetero) is 1. The molecule has 0 aliphatic heterocycles. The molecule has 2 heteroatoms. The second-order valence-electron chi connectivity index (χ2n) is 4.75. The smallest absolute Gasteiger partial charge is 0.130 e. The molecule has 0 saturated heterocycles. The van der Waals surface area contributed by atoms with Crippen LogP contribution < -0.4 is 0 Å². The molecule has 0 aliphatic carbocycles. The van der Waals surface area contributed by atoms with E-state index in [1.54, 1.807) is 6.92 Å². The molecule has 0 radical (unpaired) electrons. The lowest BCUT2D eigenvalue weighted by atomic mass is 9.80. The summed E-state index contributed by atoms with van der Waals surface area (Å²) in [5.74, 6) is 0.192. The maximum Gasteiger partial charge on any atom is 0.130 e. The second kappa shape index (κ2) is 4.36. The quantitative estimate of drug-likeness (QED) is 0.761. The summed E-state index contributed by atoms with van der Waals surface area (Å²) < 4.78 is 0. The normalized spacial score (nSPS) is 11.5. The Morgan fingerprint density at radius 2 is 2.00 bits per heavy atom. The van der Waals surface area contributed by atoms with Crippen LogP contribution in [0.1, 0.15) is 38.3 Å². The van der Waals surface area contributed by atoms with Crippen LogP contribution in [0.5, 0.6) is 0 Å². The first kappa shape index (κ1) is 12.3. The van der Waals surface area contributed by atoms with Crippen molar-refractivity contribution >= 4 is 17.4 Å². The fourth-order valence-electron chi connectivity index (χ4n) is 1.88. The van der Waals surface area contributed by atoms with Gasteiger partial charge in [-0.2, -0.15) is 0 Å². The van der Waals surface area contributed by atoms with E-state index in [1.165, 1.54) is 5.56 Å². The molecule has 0 atom stereocenters. The number of ketones is 1. The van der Waals surface area contributed by atoms with Gasteiger partial charge in [-0.25, -0.2) is 0 Å². The van der Waals surface area contributed by atoms with Crippen molar-refractivity contribution in [3.63, 3.8) is 0 Å². The van der Waals surface area contributed by atoms with E-state index >= 15 is 0 Å². The topological polar surface area (TPSA) is 17.1 Å². The lowest BCUT2D eigenvalue weighted by molar-refractivity contribution is -0.118. The SMILES string of the molecule is CC(=O)CC(C)(C)c1cc(C)ccc1Cl. The van der Waals surface area contributed by atoms with Crippen LogP contribution in [-0.2, 0) is 10.2 Å². The van der Waals surface area contributed by atoms with E-state index in [4.69, 9.17) is 11.6 Å². The zero-order chi connectivity index (χ0) is 11.6. The van der Waals surface area contributed by atoms with Crippen LogP contribution in [-0.4, -0.2) is 5.78 Å². The fraction of sp³-hybridized carbons (Fsp3) is 0.462. The van der Waals surface area contributed by atoms with Gasteiger partial charge in [0.25, 0.3) is 0 Å². The first-order valence-electron chi connectivity index (χ1n) is 5.09. The second-order valence-corrected chi connectivity index (χ2v) is 5.15. The van der Waals surface area contributed by atoms with E-state index in [0.717, 1.165) is 10.6 Å². The van der Waals surface area contributed by atoms with Gasteiger partial charge in [-0.3, -0.25) is 4.79 Å². The molecule has 0 spiro atoms. The van der Waals surface area contributed by atoms with Gasteiger partial charge in [0, 0.05) is 11.4 Å². The Hall–Kier alpha value is -0.820. The number of rotatable bonds is 3. The number of carbonyl (C=O) groups is 1. The van der Waals surface area contributed by atoms with Crippen molar-refractivity contribution in [2.24, 2.45) is 0 Å². The summed E-state index contributed by atoms with van der Waals surface area (Å²) in [5, 5.41) is 0.742. The number of halogens is 1. The summed E-state index contributed by atoms with van der Waals surface area (Å²) in [6.07, 6.45) is 0.524. The van der Waals surface area contributed by atoms with Crippen LogP contribution in [0.3, 0.4) is 0 Å². The third-order valence-electron chi connectivity index (χ3n) is 2.54. The Labute approximate surface area is 96.5 Å². The molecule has 1 aromatic carbocycles. The molecule has 0 fully saturated rings. The number of carbonyl (C=O) groups excluding carboxylic acids is 1. The van der Waals surface area contributed by atoms with Crippen LogP contribution in [0.2, 0.25) is 5.02 Å². The Kier molecular flexibility index (Phi) is 3.56. The van der Waals surface area contributed by atoms with Gasteiger partial charge in [0.1, 0.15) is 5.78 Å². The van der Waals surface area contributed by atoms with E-state index in [1.807, 2.05) is 19.1 Å². The zero-order valence-electron chi connectivity index (χ0n) is 9.73. The van der Waals surface area contributed by atoms with E-state index in [-0.39, 0.29) is 11.2 Å². The molecule has 1 rings (SSSR count). The predicted octanol–water partition coefficient (Wildman–Crippen LogP) is 3.91. The van der Waals surface area contributed by atoms with Crippen molar-refractivity contribution in [1.29, 1.82) is 0 Å². The van der Waals surface area contributed by atoms with Crippen molar-refractivity contribution in [2.75, 3.05) is 0 Å². The molecule has 0 heterocycles. The number of hydrogen-bond acceptors (Lipinski definition) is 1. The van der Waals surface area contributed by atoms with Gasteiger partial charge in [-0.05, 0) is 30.9 Å². The van der Waals surface area contributed by atoms with Crippen molar-refractivity contribution < 1.29 is 4.79 Å². The van der Waals surface area contributed by atoms with Gasteiger partial charge >= 0.3 is 0 Å². The molecule has 82 valence electrons. The van der Waals surface area contributed by atoms with Gasteiger partial charge in [-0.1, -0.05) is 43.1 Å². The van der Waals surface area contributed by atoms with Gasteiger partial charge in [0.15, 0.2) is 0 Å². The average Bonchev–Trinajstić information content (AvgIpc) is 2.06. The highest BCUT2D eigenvalue weighted by atomic mass is 35.5. The first-order valence-corrected chi connectivity index (χ1v) is 5.47. The number of hydrogen-bond donors (Lipinski definition) is 0. The van der Waals surface area contributed by atoms with Crippen LogP contribution in [0, 0.1) is 6.92 Å². The molecule has 0 saturated carbocycles. The van der Waals surface area contributed by atoms with Crippen LogP contribution in [0.15, 0.2) is 18.2 Å². The summed E-state index contributed by atoms with van der Waals surface area (Å²) in [4.78, 5) is 11.2. The molecule has 1 nitrogen and oxygen atoms in total. The maximum absolute atomic E-state index is 11.2. The van der Waals surface area contributed by atoms with Crippen molar-refractivity contribution in [1.82, 2.24) is 0 Å². The highest BCUT2D eigenvalue weighted by Gasteiger charge is 2.24. The molecule has 15 heavy (non-hydrogen) atoms. The molecule has 0 N–H and O–H groups in total. The van der Waals surface area contributed by atoms with Crippen molar-refractivity contribution in [3.8, 4) is 0 Å². The minimum Gasteiger partial charge on any atom is -0.300 e. The summed E-state index contributed by atoms with van der Waals surface area (Å²) >= 11 is 6.15. The third kappa shape index (κ3) is 3.07. The number of benzene rings is 1. The Morgan fingerprint density at radius 3 is 2.53 bits per heavy atom. The van der Waals surface area contributed by atoms with E-state index in [2.05, 4.69) is 19.9 Å². The number of aryl methyl sites for hydroxylation is 1. The fourth-order valence-corrected chi connectivity index (χ4v) is 2.25. The monoisotopic (exact) mass is 224 g/mol. The summed E-state index contributed by atoms with van der Waals surface area (Å²) in [6.45, 7) is 7.75. The van der Waals surface area contributed by atoms with Crippen LogP contribution in [0.4, 0.5) is 0 Å². The lowest BCUT2D eigenvalue weighted by Crippen LogP contribution is -2.21. The zero-order valence-corrected chi connectivity index (χ0v) is 10.5. The van der Waals surface area contributed by atoms with Gasteiger partial charge in [0.05, 0.1) is 0 Å². The predicted molar refractivity (Wildman–Crippen MR) is 64.5 cm³/mol. The van der Waals surface area contributed by atoms with Crippen molar-refractivity contribution in [2.45, 2.75) is 39.5 Å². The summed E-state index contributed by atoms with van der Waals surface area (Å²) in [5.41, 5.74) is 2.04. The third-order valence-corrected chi connectivity index (χ3v) is 2.87. The van der Waals surface area contributed by atoms with E-state index in [9.17, 15) is 4.79 Å². The molecule has 0 aliphatic rings. The maximum atomic E-state index is 11.2. The standard InChI is InChI=1S/C13H17ClO/c1-9-5-6-12(14)11(7-9)13(3,4)8-10(2)15/h5-7H,8H2,1-4H3. The highest BCUT2D eigenvalue weighted by molar-refractivity contribution is 6.31. The summed E-state index contributed by atoms with van der Waals surface area (Å²) in [7, 11) is 0. The van der Waals surface area contributed by atoms with E-state index in [0.29, 0.717) is 6.42 Å². The van der Waals surface area contributed by atoms with E-state index < -0.39 is 0 Å². The van der Waals surface area contributed by atoms with Gasteiger partial charge < -0.3 is 0 Å². The minimum absolute atomic E-state index is 0.186.